The van der Waals surface area contributed by atoms with Crippen molar-refractivity contribution in [2.75, 3.05) is 7.05 Å². The lowest BCUT2D eigenvalue weighted by Gasteiger charge is -2.16. The van der Waals surface area contributed by atoms with Crippen LogP contribution in [0.3, 0.4) is 0 Å². The summed E-state index contributed by atoms with van der Waals surface area (Å²) in [6.45, 7) is 5.51. The first kappa shape index (κ1) is 21.3. The molecule has 0 aliphatic rings. The molecule has 0 radical (unpaired) electrons. The minimum atomic E-state index is -0.0441. The Morgan fingerprint density at radius 3 is 2.61 bits per heavy atom. The van der Waals surface area contributed by atoms with E-state index in [1.807, 2.05) is 35.3 Å². The predicted molar refractivity (Wildman–Crippen MR) is 133 cm³/mol. The summed E-state index contributed by atoms with van der Waals surface area (Å²) in [7, 11) is 2.04. The van der Waals surface area contributed by atoms with Crippen LogP contribution in [0.15, 0.2) is 77.2 Å². The number of rotatable bonds is 6. The molecule has 3 aromatic heterocycles. The molecule has 0 bridgehead atoms. The summed E-state index contributed by atoms with van der Waals surface area (Å²) in [4.78, 5) is 19.9. The van der Waals surface area contributed by atoms with Gasteiger partial charge in [-0.3, -0.25) is 14.1 Å². The van der Waals surface area contributed by atoms with Gasteiger partial charge >= 0.3 is 0 Å². The average Bonchev–Trinajstić information content (AvgIpc) is 3.44. The van der Waals surface area contributed by atoms with E-state index in [4.69, 9.17) is 5.10 Å². The van der Waals surface area contributed by atoms with Crippen molar-refractivity contribution in [1.82, 2.24) is 24.1 Å². The Hall–Kier alpha value is -3.55. The molecular weight excluding hydrogens is 430 g/mol. The number of aryl methyl sites for hydroxylation is 2. The highest BCUT2D eigenvalue weighted by Crippen LogP contribution is 2.27. The summed E-state index contributed by atoms with van der Waals surface area (Å²) in [5.41, 5.74) is 7.46. The minimum absolute atomic E-state index is 0.0441. The molecule has 7 heteroatoms. The zero-order valence-corrected chi connectivity index (χ0v) is 19.7. The summed E-state index contributed by atoms with van der Waals surface area (Å²) in [5, 5.41) is 6.83. The van der Waals surface area contributed by atoms with E-state index in [1.54, 1.807) is 16.7 Å². The van der Waals surface area contributed by atoms with Crippen LogP contribution in [0.25, 0.3) is 21.9 Å². The van der Waals surface area contributed by atoms with Gasteiger partial charge in [0.15, 0.2) is 4.96 Å². The second-order valence-corrected chi connectivity index (χ2v) is 9.27. The lowest BCUT2D eigenvalue weighted by molar-refractivity contribution is 0.315. The number of benzene rings is 2. The number of thiazole rings is 1. The third kappa shape index (κ3) is 4.37. The molecule has 0 N–H and O–H groups in total. The lowest BCUT2D eigenvalue weighted by atomic mass is 10.0. The number of hydrogen-bond donors (Lipinski definition) is 0. The molecule has 0 fully saturated rings. The molecule has 166 valence electrons. The van der Waals surface area contributed by atoms with E-state index >= 15 is 0 Å². The second-order valence-electron chi connectivity index (χ2n) is 8.40. The van der Waals surface area contributed by atoms with Crippen molar-refractivity contribution in [3.05, 3.63) is 105 Å². The normalized spacial score (nSPS) is 11.5. The van der Waals surface area contributed by atoms with E-state index in [0.29, 0.717) is 13.1 Å². The van der Waals surface area contributed by atoms with Gasteiger partial charge in [-0.05, 0) is 50.2 Å². The Kier molecular flexibility index (Phi) is 5.66. The van der Waals surface area contributed by atoms with Crippen LogP contribution in [0.1, 0.15) is 22.4 Å². The van der Waals surface area contributed by atoms with Crippen molar-refractivity contribution in [1.29, 1.82) is 0 Å². The molecule has 0 saturated heterocycles. The van der Waals surface area contributed by atoms with Crippen LogP contribution < -0.4 is 5.56 Å². The molecule has 0 amide bonds. The SMILES string of the molecule is Cc1ccc(-c2nn(-c3ccccc3)cc2CN(C)Cc2cc(=O)n3ccsc3n2)cc1C. The van der Waals surface area contributed by atoms with Crippen LogP contribution in [-0.4, -0.2) is 31.1 Å². The van der Waals surface area contributed by atoms with Gasteiger partial charge in [0.2, 0.25) is 0 Å². The highest BCUT2D eigenvalue weighted by Gasteiger charge is 2.16. The Bertz CT molecular complexity index is 1480. The highest BCUT2D eigenvalue weighted by atomic mass is 32.1. The smallest absolute Gasteiger partial charge is 0.258 e. The van der Waals surface area contributed by atoms with Gasteiger partial charge in [0.25, 0.3) is 5.56 Å². The van der Waals surface area contributed by atoms with E-state index in [1.165, 1.54) is 22.5 Å². The zero-order chi connectivity index (χ0) is 22.9. The molecule has 0 unspecified atom stereocenters. The molecule has 3 heterocycles. The van der Waals surface area contributed by atoms with Gasteiger partial charge in [-0.25, -0.2) is 9.67 Å². The summed E-state index contributed by atoms with van der Waals surface area (Å²) in [5.74, 6) is 0. The molecule has 0 saturated carbocycles. The first-order valence-electron chi connectivity index (χ1n) is 10.8. The largest absolute Gasteiger partial charge is 0.296 e. The van der Waals surface area contributed by atoms with Crippen LogP contribution in [-0.2, 0) is 13.1 Å². The van der Waals surface area contributed by atoms with Crippen LogP contribution in [0.2, 0.25) is 0 Å². The van der Waals surface area contributed by atoms with Crippen LogP contribution >= 0.6 is 11.3 Å². The fourth-order valence-electron chi connectivity index (χ4n) is 3.96. The Morgan fingerprint density at radius 1 is 1.00 bits per heavy atom. The Balaban J connectivity index is 1.48. The summed E-state index contributed by atoms with van der Waals surface area (Å²) in [6, 6.07) is 18.2. The maximum Gasteiger partial charge on any atom is 0.258 e. The van der Waals surface area contributed by atoms with Gasteiger partial charge < -0.3 is 0 Å². The number of aromatic nitrogens is 4. The minimum Gasteiger partial charge on any atom is -0.296 e. The summed E-state index contributed by atoms with van der Waals surface area (Å²) < 4.78 is 3.52. The molecule has 5 aromatic rings. The van der Waals surface area contributed by atoms with E-state index in [-0.39, 0.29) is 5.56 Å². The fraction of sp³-hybridized carbons (Fsp3) is 0.192. The Labute approximate surface area is 196 Å². The molecule has 2 aromatic carbocycles. The van der Waals surface area contributed by atoms with Gasteiger partial charge in [-0.1, -0.05) is 30.3 Å². The maximum atomic E-state index is 12.4. The van der Waals surface area contributed by atoms with E-state index in [9.17, 15) is 4.79 Å². The van der Waals surface area contributed by atoms with Crippen molar-refractivity contribution < 1.29 is 0 Å². The molecule has 0 aliphatic heterocycles. The van der Waals surface area contributed by atoms with Crippen molar-refractivity contribution >= 4 is 16.3 Å². The van der Waals surface area contributed by atoms with Crippen molar-refractivity contribution in [3.8, 4) is 16.9 Å². The lowest BCUT2D eigenvalue weighted by Crippen LogP contribution is -2.21. The third-order valence-corrected chi connectivity index (χ3v) is 6.58. The summed E-state index contributed by atoms with van der Waals surface area (Å²) in [6.07, 6.45) is 3.86. The van der Waals surface area contributed by atoms with Gasteiger partial charge in [0.1, 0.15) is 0 Å². The molecule has 33 heavy (non-hydrogen) atoms. The van der Waals surface area contributed by atoms with Crippen molar-refractivity contribution in [2.24, 2.45) is 0 Å². The second kappa shape index (κ2) is 8.77. The van der Waals surface area contributed by atoms with Gasteiger partial charge in [-0.15, -0.1) is 11.3 Å². The fourth-order valence-corrected chi connectivity index (χ4v) is 4.70. The number of nitrogens with zero attached hydrogens (tertiary/aromatic N) is 5. The first-order valence-corrected chi connectivity index (χ1v) is 11.7. The number of para-hydroxylation sites is 1. The van der Waals surface area contributed by atoms with Crippen LogP contribution in [0.4, 0.5) is 0 Å². The Morgan fingerprint density at radius 2 is 1.82 bits per heavy atom. The van der Waals surface area contributed by atoms with Gasteiger partial charge in [-0.2, -0.15) is 5.10 Å². The maximum absolute atomic E-state index is 12.4. The molecular formula is C26H25N5OS. The topological polar surface area (TPSA) is 55.4 Å². The van der Waals surface area contributed by atoms with Crippen molar-refractivity contribution in [2.45, 2.75) is 26.9 Å². The monoisotopic (exact) mass is 455 g/mol. The number of hydrogen-bond acceptors (Lipinski definition) is 5. The van der Waals surface area contributed by atoms with E-state index in [2.05, 4.69) is 60.3 Å². The van der Waals surface area contributed by atoms with Crippen LogP contribution in [0.5, 0.6) is 0 Å². The number of fused-ring (bicyclic) bond motifs is 1. The molecule has 0 spiro atoms. The van der Waals surface area contributed by atoms with Crippen LogP contribution in [0, 0.1) is 13.8 Å². The molecule has 0 aliphatic carbocycles. The van der Waals surface area contributed by atoms with Gasteiger partial charge in [0.05, 0.1) is 17.1 Å². The molecule has 6 nitrogen and oxygen atoms in total. The first-order chi connectivity index (χ1) is 16.0. The van der Waals surface area contributed by atoms with Crippen molar-refractivity contribution in [3.63, 3.8) is 0 Å². The molecule has 0 atom stereocenters. The average molecular weight is 456 g/mol. The molecule has 5 rings (SSSR count). The highest BCUT2D eigenvalue weighted by molar-refractivity contribution is 7.15. The van der Waals surface area contributed by atoms with E-state index in [0.717, 1.165) is 33.2 Å². The van der Waals surface area contributed by atoms with Gasteiger partial charge in [0, 0.05) is 48.1 Å². The summed E-state index contributed by atoms with van der Waals surface area (Å²) >= 11 is 1.47. The standard InChI is InChI=1S/C26H25N5OS/c1-18-9-10-20(13-19(18)2)25-21(16-31(28-25)23-7-5-4-6-8-23)15-29(3)17-22-14-24(32)30-11-12-33-26(30)27-22/h4-14,16H,15,17H2,1-3H3. The third-order valence-electron chi connectivity index (χ3n) is 5.82. The quantitative estimate of drug-likeness (QED) is 0.367. The predicted octanol–water partition coefficient (Wildman–Crippen LogP) is 4.86. The van der Waals surface area contributed by atoms with E-state index < -0.39 is 0 Å². The zero-order valence-electron chi connectivity index (χ0n) is 18.9.